The fourth-order valence-electron chi connectivity index (χ4n) is 1.00. The van der Waals surface area contributed by atoms with Gasteiger partial charge in [0.05, 0.1) is 9.98 Å². The van der Waals surface area contributed by atoms with Crippen LogP contribution in [0.3, 0.4) is 0 Å². The molecule has 0 aliphatic carbocycles. The minimum absolute atomic E-state index is 0.171. The Labute approximate surface area is 109 Å². The maximum atomic E-state index is 11.5. The maximum Gasteiger partial charge on any atom is 0.250 e. The lowest BCUT2D eigenvalue weighted by Crippen LogP contribution is -2.06. The van der Waals surface area contributed by atoms with Gasteiger partial charge in [-0.2, -0.15) is 0 Å². The predicted octanol–water partition coefficient (Wildman–Crippen LogP) is 3.62. The zero-order chi connectivity index (χ0) is 11.4. The molecule has 0 aliphatic rings. The van der Waals surface area contributed by atoms with Crippen molar-refractivity contribution in [3.05, 3.63) is 38.4 Å². The number of rotatable bonds is 3. The molecule has 0 radical (unpaired) electrons. The number of nitrogens with one attached hydrogen (secondary N) is 1. The molecule has 2 rings (SSSR count). The lowest BCUT2D eigenvalue weighted by Gasteiger charge is -1.94. The molecule has 1 N–H and O–H groups in total. The van der Waals surface area contributed by atoms with Crippen LogP contribution in [0.2, 0.25) is 0 Å². The topological polar surface area (TPSA) is 42.0 Å². The monoisotopic (exact) mass is 314 g/mol. The van der Waals surface area contributed by atoms with E-state index in [4.69, 9.17) is 0 Å². The van der Waals surface area contributed by atoms with E-state index in [0.29, 0.717) is 5.13 Å². The van der Waals surface area contributed by atoms with Crippen LogP contribution in [0.15, 0.2) is 33.6 Å². The molecular formula is C10H7BrN2OS2. The van der Waals surface area contributed by atoms with Gasteiger partial charge in [-0.3, -0.25) is 10.1 Å². The molecule has 0 unspecified atom stereocenters. The van der Waals surface area contributed by atoms with E-state index in [1.807, 2.05) is 17.5 Å². The molecule has 0 atom stereocenters. The SMILES string of the molecule is O=C(/C=C/c1cccs1)Nc1ncc(Br)s1. The van der Waals surface area contributed by atoms with Crippen LogP contribution in [-0.2, 0) is 4.79 Å². The van der Waals surface area contributed by atoms with E-state index in [9.17, 15) is 4.79 Å². The van der Waals surface area contributed by atoms with Crippen LogP contribution in [0.1, 0.15) is 4.88 Å². The van der Waals surface area contributed by atoms with E-state index in [-0.39, 0.29) is 5.91 Å². The van der Waals surface area contributed by atoms with Crippen molar-refractivity contribution in [3.63, 3.8) is 0 Å². The van der Waals surface area contributed by atoms with Crippen LogP contribution < -0.4 is 5.32 Å². The standard InChI is InChI=1S/C10H7BrN2OS2/c11-8-6-12-10(16-8)13-9(14)4-3-7-2-1-5-15-7/h1-6H,(H,12,13,14)/b4-3+. The third-order valence-corrected chi connectivity index (χ3v) is 3.88. The van der Waals surface area contributed by atoms with Crippen molar-refractivity contribution in [1.82, 2.24) is 4.98 Å². The van der Waals surface area contributed by atoms with E-state index in [0.717, 1.165) is 8.66 Å². The van der Waals surface area contributed by atoms with E-state index in [2.05, 4.69) is 26.2 Å². The Morgan fingerprint density at radius 3 is 3.06 bits per heavy atom. The Morgan fingerprint density at radius 2 is 2.44 bits per heavy atom. The first-order chi connectivity index (χ1) is 7.74. The second-order valence-electron chi connectivity index (χ2n) is 2.81. The van der Waals surface area contributed by atoms with Gasteiger partial charge in [0.1, 0.15) is 0 Å². The van der Waals surface area contributed by atoms with Gasteiger partial charge in [0.15, 0.2) is 5.13 Å². The molecule has 16 heavy (non-hydrogen) atoms. The van der Waals surface area contributed by atoms with Gasteiger partial charge in [0.2, 0.25) is 5.91 Å². The van der Waals surface area contributed by atoms with Gasteiger partial charge in [0, 0.05) is 11.0 Å². The number of hydrogen-bond acceptors (Lipinski definition) is 4. The highest BCUT2D eigenvalue weighted by molar-refractivity contribution is 9.11. The number of anilines is 1. The van der Waals surface area contributed by atoms with Gasteiger partial charge < -0.3 is 0 Å². The Morgan fingerprint density at radius 1 is 1.56 bits per heavy atom. The number of thiazole rings is 1. The zero-order valence-corrected chi connectivity index (χ0v) is 11.2. The maximum absolute atomic E-state index is 11.5. The van der Waals surface area contributed by atoms with E-state index in [1.54, 1.807) is 23.6 Å². The van der Waals surface area contributed by atoms with Crippen LogP contribution in [0, 0.1) is 0 Å². The summed E-state index contributed by atoms with van der Waals surface area (Å²) in [5.74, 6) is -0.171. The summed E-state index contributed by atoms with van der Waals surface area (Å²) in [5, 5.41) is 5.24. The molecule has 0 aliphatic heterocycles. The third kappa shape index (κ3) is 3.26. The minimum Gasteiger partial charge on any atom is -0.298 e. The van der Waals surface area contributed by atoms with Crippen LogP contribution in [0.5, 0.6) is 0 Å². The molecule has 6 heteroatoms. The summed E-state index contributed by atoms with van der Waals surface area (Å²) in [6, 6.07) is 3.90. The summed E-state index contributed by atoms with van der Waals surface area (Å²) in [6.45, 7) is 0. The molecule has 2 heterocycles. The number of carbonyl (C=O) groups is 1. The number of hydrogen-bond donors (Lipinski definition) is 1. The normalized spacial score (nSPS) is 10.8. The van der Waals surface area contributed by atoms with Crippen molar-refractivity contribution >= 4 is 55.7 Å². The van der Waals surface area contributed by atoms with Crippen molar-refractivity contribution in [1.29, 1.82) is 0 Å². The second-order valence-corrected chi connectivity index (χ2v) is 6.20. The average Bonchev–Trinajstić information content (AvgIpc) is 2.87. The first-order valence-corrected chi connectivity index (χ1v) is 6.87. The van der Waals surface area contributed by atoms with E-state index < -0.39 is 0 Å². The Hall–Kier alpha value is -0.980. The van der Waals surface area contributed by atoms with Gasteiger partial charge in [-0.15, -0.1) is 11.3 Å². The van der Waals surface area contributed by atoms with Crippen molar-refractivity contribution in [2.24, 2.45) is 0 Å². The highest BCUT2D eigenvalue weighted by Gasteiger charge is 2.02. The van der Waals surface area contributed by atoms with Crippen molar-refractivity contribution in [3.8, 4) is 0 Å². The van der Waals surface area contributed by atoms with Gasteiger partial charge in [0.25, 0.3) is 0 Å². The Kier molecular flexibility index (Phi) is 3.87. The van der Waals surface area contributed by atoms with Crippen LogP contribution in [0.25, 0.3) is 6.08 Å². The lowest BCUT2D eigenvalue weighted by molar-refractivity contribution is -0.111. The first-order valence-electron chi connectivity index (χ1n) is 4.38. The lowest BCUT2D eigenvalue weighted by atomic mass is 10.4. The van der Waals surface area contributed by atoms with Crippen LogP contribution in [0.4, 0.5) is 5.13 Å². The number of nitrogens with zero attached hydrogens (tertiary/aromatic N) is 1. The van der Waals surface area contributed by atoms with Crippen molar-refractivity contribution in [2.75, 3.05) is 5.32 Å². The number of thiophene rings is 1. The molecule has 0 bridgehead atoms. The molecule has 3 nitrogen and oxygen atoms in total. The molecule has 1 amide bonds. The third-order valence-electron chi connectivity index (χ3n) is 1.65. The second kappa shape index (κ2) is 5.38. The van der Waals surface area contributed by atoms with Crippen LogP contribution >= 0.6 is 38.6 Å². The largest absolute Gasteiger partial charge is 0.298 e. The van der Waals surface area contributed by atoms with E-state index >= 15 is 0 Å². The quantitative estimate of drug-likeness (QED) is 0.879. The summed E-state index contributed by atoms with van der Waals surface area (Å²) >= 11 is 6.25. The number of carbonyl (C=O) groups excluding carboxylic acids is 1. The fourth-order valence-corrected chi connectivity index (χ4v) is 2.73. The average molecular weight is 315 g/mol. The summed E-state index contributed by atoms with van der Waals surface area (Å²) in [7, 11) is 0. The number of aromatic nitrogens is 1. The molecule has 0 saturated heterocycles. The Balaban J connectivity index is 1.94. The van der Waals surface area contributed by atoms with E-state index in [1.165, 1.54) is 17.4 Å². The predicted molar refractivity (Wildman–Crippen MR) is 71.8 cm³/mol. The molecule has 2 aromatic heterocycles. The molecular weight excluding hydrogens is 308 g/mol. The summed E-state index contributed by atoms with van der Waals surface area (Å²) in [4.78, 5) is 16.5. The highest BCUT2D eigenvalue weighted by Crippen LogP contribution is 2.23. The molecule has 0 spiro atoms. The summed E-state index contributed by atoms with van der Waals surface area (Å²) in [6.07, 6.45) is 4.94. The highest BCUT2D eigenvalue weighted by atomic mass is 79.9. The van der Waals surface area contributed by atoms with Crippen molar-refractivity contribution in [2.45, 2.75) is 0 Å². The van der Waals surface area contributed by atoms with Gasteiger partial charge in [-0.05, 0) is 33.5 Å². The first kappa shape index (κ1) is 11.5. The number of amides is 1. The Bertz CT molecular complexity index is 505. The van der Waals surface area contributed by atoms with Gasteiger partial charge >= 0.3 is 0 Å². The molecule has 0 fully saturated rings. The zero-order valence-electron chi connectivity index (χ0n) is 8.01. The van der Waals surface area contributed by atoms with Gasteiger partial charge in [-0.25, -0.2) is 4.98 Å². The summed E-state index contributed by atoms with van der Waals surface area (Å²) < 4.78 is 0.894. The molecule has 82 valence electrons. The van der Waals surface area contributed by atoms with Gasteiger partial charge in [-0.1, -0.05) is 17.4 Å². The molecule has 0 aromatic carbocycles. The molecule has 2 aromatic rings. The minimum atomic E-state index is -0.171. The number of halogens is 1. The van der Waals surface area contributed by atoms with Crippen molar-refractivity contribution < 1.29 is 4.79 Å². The summed E-state index contributed by atoms with van der Waals surface area (Å²) in [5.41, 5.74) is 0. The fraction of sp³-hybridized carbons (Fsp3) is 0. The molecule has 0 saturated carbocycles. The smallest absolute Gasteiger partial charge is 0.250 e. The van der Waals surface area contributed by atoms with Crippen LogP contribution in [-0.4, -0.2) is 10.9 Å².